The standard InChI is InChI=1S/C10H15NO4/c1-3-15-8(12)7-4-5-10(11,6-7)9(13)14-2/h4H,3,5-6,11H2,1-2H3/t10-/m0/s1. The number of hydrogen-bond donors (Lipinski definition) is 1. The lowest BCUT2D eigenvalue weighted by atomic mass is 9.97. The topological polar surface area (TPSA) is 78.6 Å². The Hall–Kier alpha value is -1.36. The normalized spacial score (nSPS) is 24.6. The zero-order chi connectivity index (χ0) is 11.5. The van der Waals surface area contributed by atoms with E-state index in [0.29, 0.717) is 18.6 Å². The number of methoxy groups -OCH3 is 1. The van der Waals surface area contributed by atoms with Crippen molar-refractivity contribution >= 4 is 11.9 Å². The van der Waals surface area contributed by atoms with E-state index in [-0.39, 0.29) is 6.42 Å². The molecule has 0 radical (unpaired) electrons. The van der Waals surface area contributed by atoms with Crippen molar-refractivity contribution in [3.63, 3.8) is 0 Å². The third-order valence-electron chi connectivity index (χ3n) is 2.35. The van der Waals surface area contributed by atoms with Crippen LogP contribution in [0.5, 0.6) is 0 Å². The van der Waals surface area contributed by atoms with Crippen LogP contribution < -0.4 is 5.73 Å². The molecule has 1 atom stereocenters. The van der Waals surface area contributed by atoms with Gasteiger partial charge in [-0.2, -0.15) is 0 Å². The summed E-state index contributed by atoms with van der Waals surface area (Å²) in [5, 5.41) is 0. The second-order valence-corrected chi connectivity index (χ2v) is 3.48. The van der Waals surface area contributed by atoms with Gasteiger partial charge in [0, 0.05) is 12.0 Å². The Morgan fingerprint density at radius 2 is 2.27 bits per heavy atom. The van der Waals surface area contributed by atoms with E-state index in [0.717, 1.165) is 0 Å². The minimum Gasteiger partial charge on any atom is -0.468 e. The maximum absolute atomic E-state index is 11.3. The molecule has 0 spiro atoms. The molecule has 0 saturated heterocycles. The number of carbonyl (C=O) groups excluding carboxylic acids is 2. The van der Waals surface area contributed by atoms with E-state index in [1.54, 1.807) is 13.0 Å². The lowest BCUT2D eigenvalue weighted by Crippen LogP contribution is -2.46. The highest BCUT2D eigenvalue weighted by atomic mass is 16.5. The molecule has 0 aliphatic heterocycles. The van der Waals surface area contributed by atoms with E-state index < -0.39 is 17.5 Å². The molecular formula is C10H15NO4. The zero-order valence-electron chi connectivity index (χ0n) is 8.91. The van der Waals surface area contributed by atoms with E-state index in [1.165, 1.54) is 7.11 Å². The Bertz CT molecular complexity index is 311. The minimum absolute atomic E-state index is 0.179. The molecule has 2 N–H and O–H groups in total. The van der Waals surface area contributed by atoms with Crippen molar-refractivity contribution in [1.82, 2.24) is 0 Å². The zero-order valence-corrected chi connectivity index (χ0v) is 8.91. The van der Waals surface area contributed by atoms with Gasteiger partial charge in [-0.25, -0.2) is 4.79 Å². The summed E-state index contributed by atoms with van der Waals surface area (Å²) in [6, 6.07) is 0. The summed E-state index contributed by atoms with van der Waals surface area (Å²) in [4.78, 5) is 22.7. The van der Waals surface area contributed by atoms with Gasteiger partial charge in [-0.3, -0.25) is 4.79 Å². The average molecular weight is 213 g/mol. The van der Waals surface area contributed by atoms with Crippen molar-refractivity contribution in [2.75, 3.05) is 13.7 Å². The molecule has 1 aliphatic carbocycles. The number of carbonyl (C=O) groups is 2. The SMILES string of the molecule is CCOC(=O)C1=CC[C@@](N)(C(=O)OC)C1. The van der Waals surface area contributed by atoms with E-state index >= 15 is 0 Å². The molecule has 5 nitrogen and oxygen atoms in total. The summed E-state index contributed by atoms with van der Waals surface area (Å²) in [6.45, 7) is 2.04. The quantitative estimate of drug-likeness (QED) is 0.674. The van der Waals surface area contributed by atoms with E-state index in [9.17, 15) is 9.59 Å². The van der Waals surface area contributed by atoms with E-state index in [1.807, 2.05) is 0 Å². The van der Waals surface area contributed by atoms with Crippen LogP contribution in [0.4, 0.5) is 0 Å². The highest BCUT2D eigenvalue weighted by Crippen LogP contribution is 2.28. The van der Waals surface area contributed by atoms with Crippen molar-refractivity contribution in [3.05, 3.63) is 11.6 Å². The molecule has 84 valence electrons. The van der Waals surface area contributed by atoms with Crippen LogP contribution >= 0.6 is 0 Å². The second-order valence-electron chi connectivity index (χ2n) is 3.48. The average Bonchev–Trinajstić information content (AvgIpc) is 2.61. The predicted octanol–water partition coefficient (Wildman–Crippen LogP) is 0.140. The highest BCUT2D eigenvalue weighted by molar-refractivity contribution is 5.93. The Kier molecular flexibility index (Phi) is 3.47. The summed E-state index contributed by atoms with van der Waals surface area (Å²) < 4.78 is 9.39. The first kappa shape index (κ1) is 11.7. The third-order valence-corrected chi connectivity index (χ3v) is 2.35. The molecule has 1 rings (SSSR count). The van der Waals surface area contributed by atoms with Crippen molar-refractivity contribution < 1.29 is 19.1 Å². The minimum atomic E-state index is -1.10. The van der Waals surface area contributed by atoms with Gasteiger partial charge in [-0.1, -0.05) is 6.08 Å². The molecule has 15 heavy (non-hydrogen) atoms. The van der Waals surface area contributed by atoms with Crippen molar-refractivity contribution in [2.45, 2.75) is 25.3 Å². The molecule has 5 heteroatoms. The van der Waals surface area contributed by atoms with Crippen molar-refractivity contribution in [2.24, 2.45) is 5.73 Å². The van der Waals surface area contributed by atoms with Gasteiger partial charge in [-0.15, -0.1) is 0 Å². The summed E-state index contributed by atoms with van der Waals surface area (Å²) >= 11 is 0. The summed E-state index contributed by atoms with van der Waals surface area (Å²) in [6.07, 6.45) is 2.13. The smallest absolute Gasteiger partial charge is 0.333 e. The van der Waals surface area contributed by atoms with Gasteiger partial charge < -0.3 is 15.2 Å². The van der Waals surface area contributed by atoms with Gasteiger partial charge in [0.15, 0.2) is 0 Å². The molecule has 0 fully saturated rings. The van der Waals surface area contributed by atoms with Gasteiger partial charge in [0.25, 0.3) is 0 Å². The molecule has 0 aromatic rings. The number of nitrogens with two attached hydrogens (primary N) is 1. The summed E-state index contributed by atoms with van der Waals surface area (Å²) in [5.41, 5.74) is 5.15. The van der Waals surface area contributed by atoms with Gasteiger partial charge in [0.2, 0.25) is 0 Å². The lowest BCUT2D eigenvalue weighted by Gasteiger charge is -2.20. The van der Waals surface area contributed by atoms with Crippen molar-refractivity contribution in [3.8, 4) is 0 Å². The first-order valence-electron chi connectivity index (χ1n) is 4.77. The second kappa shape index (κ2) is 4.44. The monoisotopic (exact) mass is 213 g/mol. The Balaban J connectivity index is 2.64. The van der Waals surface area contributed by atoms with Gasteiger partial charge in [0.05, 0.1) is 13.7 Å². The Morgan fingerprint density at radius 3 is 2.80 bits per heavy atom. The number of hydrogen-bond acceptors (Lipinski definition) is 5. The number of ether oxygens (including phenoxy) is 2. The molecule has 0 aromatic heterocycles. The largest absolute Gasteiger partial charge is 0.468 e. The maximum Gasteiger partial charge on any atom is 0.333 e. The first-order chi connectivity index (χ1) is 7.03. The van der Waals surface area contributed by atoms with Crippen LogP contribution in [-0.4, -0.2) is 31.2 Å². The van der Waals surface area contributed by atoms with E-state index in [2.05, 4.69) is 4.74 Å². The van der Waals surface area contributed by atoms with Gasteiger partial charge in [-0.05, 0) is 13.3 Å². The van der Waals surface area contributed by atoms with Crippen LogP contribution in [0.15, 0.2) is 11.6 Å². The van der Waals surface area contributed by atoms with Crippen LogP contribution in [-0.2, 0) is 19.1 Å². The van der Waals surface area contributed by atoms with Crippen LogP contribution in [0.2, 0.25) is 0 Å². The van der Waals surface area contributed by atoms with Gasteiger partial charge in [0.1, 0.15) is 5.54 Å². The van der Waals surface area contributed by atoms with Crippen LogP contribution in [0.3, 0.4) is 0 Å². The Labute approximate surface area is 88.2 Å². The molecule has 0 amide bonds. The lowest BCUT2D eigenvalue weighted by molar-refractivity contribution is -0.146. The number of esters is 2. The fourth-order valence-corrected chi connectivity index (χ4v) is 1.53. The Morgan fingerprint density at radius 1 is 1.60 bits per heavy atom. The fraction of sp³-hybridized carbons (Fsp3) is 0.600. The molecule has 0 aromatic carbocycles. The molecular weight excluding hydrogens is 198 g/mol. The maximum atomic E-state index is 11.3. The van der Waals surface area contributed by atoms with Gasteiger partial charge >= 0.3 is 11.9 Å². The molecule has 1 aliphatic rings. The van der Waals surface area contributed by atoms with E-state index in [4.69, 9.17) is 10.5 Å². The van der Waals surface area contributed by atoms with Crippen LogP contribution in [0, 0.1) is 0 Å². The molecule has 0 bridgehead atoms. The third kappa shape index (κ3) is 2.36. The van der Waals surface area contributed by atoms with Crippen LogP contribution in [0.1, 0.15) is 19.8 Å². The molecule has 0 heterocycles. The number of rotatable bonds is 3. The molecule has 0 saturated carbocycles. The molecule has 0 unspecified atom stereocenters. The first-order valence-corrected chi connectivity index (χ1v) is 4.77. The summed E-state index contributed by atoms with van der Waals surface area (Å²) in [7, 11) is 1.28. The van der Waals surface area contributed by atoms with Crippen LogP contribution in [0.25, 0.3) is 0 Å². The summed E-state index contributed by atoms with van der Waals surface area (Å²) in [5.74, 6) is -0.910. The highest BCUT2D eigenvalue weighted by Gasteiger charge is 2.41. The fourth-order valence-electron chi connectivity index (χ4n) is 1.53. The predicted molar refractivity (Wildman–Crippen MR) is 52.9 cm³/mol. The van der Waals surface area contributed by atoms with Crippen molar-refractivity contribution in [1.29, 1.82) is 0 Å².